The van der Waals surface area contributed by atoms with Crippen molar-refractivity contribution in [1.82, 2.24) is 15.5 Å². The summed E-state index contributed by atoms with van der Waals surface area (Å²) in [6, 6.07) is 12.2. The van der Waals surface area contributed by atoms with Gasteiger partial charge < -0.3 is 15.2 Å². The molecule has 1 aromatic heterocycles. The third-order valence-electron chi connectivity index (χ3n) is 4.13. The number of nitrogens with zero attached hydrogens (tertiary/aromatic N) is 2. The molecule has 158 valence electrons. The SMILES string of the molecule is CC(C)NC(=O)Cc1ccc(NCc2nc(-c3cccc(C(F)(F)F)c3)no2)cc1. The first kappa shape index (κ1) is 21.4. The monoisotopic (exact) mass is 418 g/mol. The third-order valence-corrected chi connectivity index (χ3v) is 4.13. The van der Waals surface area contributed by atoms with Crippen molar-refractivity contribution in [2.24, 2.45) is 0 Å². The number of halogens is 3. The van der Waals surface area contributed by atoms with Crippen LogP contribution >= 0.6 is 0 Å². The molecule has 0 atom stereocenters. The second-order valence-electron chi connectivity index (χ2n) is 7.04. The smallest absolute Gasteiger partial charge is 0.376 e. The van der Waals surface area contributed by atoms with E-state index in [2.05, 4.69) is 20.8 Å². The Labute approximate surface area is 171 Å². The van der Waals surface area contributed by atoms with Gasteiger partial charge in [-0.25, -0.2) is 0 Å². The molecule has 0 aliphatic carbocycles. The van der Waals surface area contributed by atoms with E-state index >= 15 is 0 Å². The molecule has 9 heteroatoms. The maximum atomic E-state index is 12.9. The number of nitrogens with one attached hydrogen (secondary N) is 2. The first-order valence-corrected chi connectivity index (χ1v) is 9.33. The zero-order valence-electron chi connectivity index (χ0n) is 16.5. The van der Waals surface area contributed by atoms with Crippen LogP contribution in [0.15, 0.2) is 53.1 Å². The Morgan fingerprint density at radius 3 is 2.53 bits per heavy atom. The fourth-order valence-corrected chi connectivity index (χ4v) is 2.76. The highest BCUT2D eigenvalue weighted by molar-refractivity contribution is 5.78. The van der Waals surface area contributed by atoms with E-state index in [1.54, 1.807) is 0 Å². The lowest BCUT2D eigenvalue weighted by atomic mass is 10.1. The predicted octanol–water partition coefficient (Wildman–Crippen LogP) is 4.43. The van der Waals surface area contributed by atoms with Gasteiger partial charge >= 0.3 is 6.18 Å². The van der Waals surface area contributed by atoms with Crippen LogP contribution in [0.4, 0.5) is 18.9 Å². The largest absolute Gasteiger partial charge is 0.416 e. The second-order valence-corrected chi connectivity index (χ2v) is 7.04. The molecule has 0 unspecified atom stereocenters. The van der Waals surface area contributed by atoms with Crippen LogP contribution < -0.4 is 10.6 Å². The van der Waals surface area contributed by atoms with E-state index in [0.717, 1.165) is 23.4 Å². The van der Waals surface area contributed by atoms with Gasteiger partial charge in [0.25, 0.3) is 0 Å². The lowest BCUT2D eigenvalue weighted by Crippen LogP contribution is -2.31. The molecule has 6 nitrogen and oxygen atoms in total. The van der Waals surface area contributed by atoms with E-state index in [4.69, 9.17) is 4.52 Å². The highest BCUT2D eigenvalue weighted by Crippen LogP contribution is 2.31. The van der Waals surface area contributed by atoms with Crippen LogP contribution in [0.5, 0.6) is 0 Å². The number of hydrogen-bond acceptors (Lipinski definition) is 5. The number of hydrogen-bond donors (Lipinski definition) is 2. The Kier molecular flexibility index (Phi) is 6.39. The van der Waals surface area contributed by atoms with E-state index in [-0.39, 0.29) is 35.8 Å². The summed E-state index contributed by atoms with van der Waals surface area (Å²) < 4.78 is 43.7. The van der Waals surface area contributed by atoms with E-state index in [9.17, 15) is 18.0 Å². The average Bonchev–Trinajstić information content (AvgIpc) is 3.15. The molecule has 0 radical (unpaired) electrons. The summed E-state index contributed by atoms with van der Waals surface area (Å²) in [5.74, 6) is 0.283. The zero-order valence-corrected chi connectivity index (χ0v) is 16.5. The molecule has 2 aromatic carbocycles. The summed E-state index contributed by atoms with van der Waals surface area (Å²) in [7, 11) is 0. The van der Waals surface area contributed by atoms with Gasteiger partial charge in [0.1, 0.15) is 0 Å². The third kappa shape index (κ3) is 5.82. The van der Waals surface area contributed by atoms with Gasteiger partial charge in [-0.15, -0.1) is 0 Å². The first-order valence-electron chi connectivity index (χ1n) is 9.33. The van der Waals surface area contributed by atoms with Crippen LogP contribution in [0.3, 0.4) is 0 Å². The van der Waals surface area contributed by atoms with Crippen LogP contribution in [0.1, 0.15) is 30.9 Å². The maximum Gasteiger partial charge on any atom is 0.416 e. The molecule has 30 heavy (non-hydrogen) atoms. The molecule has 0 spiro atoms. The van der Waals surface area contributed by atoms with Crippen molar-refractivity contribution >= 4 is 11.6 Å². The van der Waals surface area contributed by atoms with E-state index < -0.39 is 11.7 Å². The van der Waals surface area contributed by atoms with Gasteiger partial charge in [0, 0.05) is 17.3 Å². The number of benzene rings is 2. The van der Waals surface area contributed by atoms with Gasteiger partial charge in [0.2, 0.25) is 17.6 Å². The van der Waals surface area contributed by atoms with Gasteiger partial charge in [-0.1, -0.05) is 29.4 Å². The Morgan fingerprint density at radius 2 is 1.87 bits per heavy atom. The summed E-state index contributed by atoms with van der Waals surface area (Å²) in [4.78, 5) is 15.9. The molecule has 0 saturated heterocycles. The van der Waals surface area contributed by atoms with Crippen molar-refractivity contribution in [3.8, 4) is 11.4 Å². The Hall–Kier alpha value is -3.36. The Balaban J connectivity index is 1.59. The van der Waals surface area contributed by atoms with Crippen molar-refractivity contribution in [2.45, 2.75) is 39.0 Å². The number of rotatable bonds is 7. The van der Waals surface area contributed by atoms with E-state index in [1.807, 2.05) is 38.1 Å². The quantitative estimate of drug-likeness (QED) is 0.593. The minimum Gasteiger partial charge on any atom is -0.376 e. The summed E-state index contributed by atoms with van der Waals surface area (Å²) in [6.07, 6.45) is -4.14. The molecule has 3 aromatic rings. The minimum absolute atomic E-state index is 0.0429. The molecule has 1 heterocycles. The summed E-state index contributed by atoms with van der Waals surface area (Å²) in [5, 5.41) is 9.69. The first-order chi connectivity index (χ1) is 14.2. The highest BCUT2D eigenvalue weighted by atomic mass is 19.4. The zero-order chi connectivity index (χ0) is 21.7. The van der Waals surface area contributed by atoms with Crippen LogP contribution in [0, 0.1) is 0 Å². The van der Waals surface area contributed by atoms with Gasteiger partial charge in [-0.2, -0.15) is 18.2 Å². The van der Waals surface area contributed by atoms with Gasteiger partial charge in [0.15, 0.2) is 0 Å². The average molecular weight is 418 g/mol. The molecule has 0 aliphatic heterocycles. The number of alkyl halides is 3. The number of aromatic nitrogens is 2. The Bertz CT molecular complexity index is 998. The van der Waals surface area contributed by atoms with Crippen LogP contribution in [-0.4, -0.2) is 22.1 Å². The van der Waals surface area contributed by atoms with Crippen LogP contribution in [-0.2, 0) is 23.9 Å². The second kappa shape index (κ2) is 8.98. The van der Waals surface area contributed by atoms with Crippen molar-refractivity contribution < 1.29 is 22.5 Å². The summed E-state index contributed by atoms with van der Waals surface area (Å²) >= 11 is 0. The molecule has 0 fully saturated rings. The van der Waals surface area contributed by atoms with Crippen molar-refractivity contribution in [3.63, 3.8) is 0 Å². The van der Waals surface area contributed by atoms with Crippen molar-refractivity contribution in [1.29, 1.82) is 0 Å². The van der Waals surface area contributed by atoms with E-state index in [1.165, 1.54) is 12.1 Å². The maximum absolute atomic E-state index is 12.9. The minimum atomic E-state index is -4.44. The summed E-state index contributed by atoms with van der Waals surface area (Å²) in [6.45, 7) is 4.01. The van der Waals surface area contributed by atoms with Crippen molar-refractivity contribution in [2.75, 3.05) is 5.32 Å². The fourth-order valence-electron chi connectivity index (χ4n) is 2.76. The molecule has 0 aliphatic rings. The lowest BCUT2D eigenvalue weighted by Gasteiger charge is -2.09. The van der Waals surface area contributed by atoms with Crippen LogP contribution in [0.2, 0.25) is 0 Å². The van der Waals surface area contributed by atoms with Gasteiger partial charge in [0.05, 0.1) is 18.5 Å². The molecule has 1 amide bonds. The number of amides is 1. The fraction of sp³-hybridized carbons (Fsp3) is 0.286. The van der Waals surface area contributed by atoms with E-state index in [0.29, 0.717) is 6.42 Å². The number of anilines is 1. The van der Waals surface area contributed by atoms with Gasteiger partial charge in [-0.3, -0.25) is 4.79 Å². The molecule has 0 bridgehead atoms. The topological polar surface area (TPSA) is 80.0 Å². The van der Waals surface area contributed by atoms with Crippen LogP contribution in [0.25, 0.3) is 11.4 Å². The molecule has 2 N–H and O–H groups in total. The normalized spacial score (nSPS) is 11.5. The standard InChI is InChI=1S/C21H21F3N4O2/c1-13(2)26-18(29)10-14-6-8-17(9-7-14)25-12-19-27-20(28-30-19)15-4-3-5-16(11-15)21(22,23)24/h3-9,11,13,25H,10,12H2,1-2H3,(H,26,29). The molecule has 3 rings (SSSR count). The highest BCUT2D eigenvalue weighted by Gasteiger charge is 2.30. The molecular formula is C21H21F3N4O2. The molecular weight excluding hydrogens is 397 g/mol. The van der Waals surface area contributed by atoms with Crippen molar-refractivity contribution in [3.05, 3.63) is 65.5 Å². The summed E-state index contributed by atoms with van der Waals surface area (Å²) in [5.41, 5.74) is 1.11. The number of carbonyl (C=O) groups is 1. The number of carbonyl (C=O) groups excluding carboxylic acids is 1. The predicted molar refractivity (Wildman–Crippen MR) is 105 cm³/mol. The Morgan fingerprint density at radius 1 is 1.13 bits per heavy atom. The van der Waals surface area contributed by atoms with Gasteiger partial charge in [-0.05, 0) is 43.7 Å². The lowest BCUT2D eigenvalue weighted by molar-refractivity contribution is -0.137. The molecule has 0 saturated carbocycles.